The van der Waals surface area contributed by atoms with Crippen molar-refractivity contribution >= 4 is 0 Å². The van der Waals surface area contributed by atoms with E-state index >= 15 is 0 Å². The Morgan fingerprint density at radius 3 is 3.14 bits per heavy atom. The molecule has 0 bridgehead atoms. The summed E-state index contributed by atoms with van der Waals surface area (Å²) in [5.41, 5.74) is 5.65. The van der Waals surface area contributed by atoms with Gasteiger partial charge in [0.05, 0.1) is 18.3 Å². The van der Waals surface area contributed by atoms with Crippen LogP contribution in [0, 0.1) is 0 Å². The predicted octanol–water partition coefficient (Wildman–Crippen LogP) is 1.42. The lowest BCUT2D eigenvalue weighted by Gasteiger charge is -2.05. The van der Waals surface area contributed by atoms with Gasteiger partial charge in [0.15, 0.2) is 0 Å². The molecule has 4 heteroatoms. The molecule has 1 aromatic rings. The lowest BCUT2D eigenvalue weighted by molar-refractivity contribution is 0.106. The fourth-order valence-corrected chi connectivity index (χ4v) is 1.66. The maximum absolute atomic E-state index is 5.65. The fourth-order valence-electron chi connectivity index (χ4n) is 1.66. The van der Waals surface area contributed by atoms with Crippen LogP contribution in [0.3, 0.4) is 0 Å². The fraction of sp³-hybridized carbons (Fsp3) is 0.700. The lowest BCUT2D eigenvalue weighted by atomic mass is 10.1. The number of hydrogen-bond donors (Lipinski definition) is 1. The van der Waals surface area contributed by atoms with Crippen LogP contribution in [0.15, 0.2) is 10.6 Å². The number of aromatic nitrogens is 1. The molecule has 2 atom stereocenters. The second-order valence-corrected chi connectivity index (χ2v) is 3.79. The van der Waals surface area contributed by atoms with Gasteiger partial charge < -0.3 is 14.9 Å². The van der Waals surface area contributed by atoms with Crippen molar-refractivity contribution in [3.8, 4) is 0 Å². The number of nitrogens with two attached hydrogens (primary N) is 1. The first-order chi connectivity index (χ1) is 6.75. The minimum absolute atomic E-state index is 0.131. The molecule has 2 N–H and O–H groups in total. The normalized spacial score (nSPS) is 24.0. The van der Waals surface area contributed by atoms with E-state index in [0.717, 1.165) is 31.6 Å². The zero-order chi connectivity index (χ0) is 9.97. The summed E-state index contributed by atoms with van der Waals surface area (Å²) in [4.78, 5) is 4.11. The Morgan fingerprint density at radius 2 is 2.57 bits per heavy atom. The smallest absolute Gasteiger partial charge is 0.210 e. The minimum atomic E-state index is -0.131. The van der Waals surface area contributed by atoms with E-state index in [-0.39, 0.29) is 6.04 Å². The summed E-state index contributed by atoms with van der Waals surface area (Å²) in [7, 11) is 0. The van der Waals surface area contributed by atoms with E-state index in [2.05, 4.69) is 4.98 Å². The van der Waals surface area contributed by atoms with Gasteiger partial charge in [-0.2, -0.15) is 0 Å². The first kappa shape index (κ1) is 9.68. The van der Waals surface area contributed by atoms with Crippen molar-refractivity contribution in [1.82, 2.24) is 4.98 Å². The van der Waals surface area contributed by atoms with Gasteiger partial charge in [-0.1, -0.05) is 0 Å². The highest BCUT2D eigenvalue weighted by atomic mass is 16.5. The highest BCUT2D eigenvalue weighted by molar-refractivity contribution is 4.98. The molecule has 1 saturated heterocycles. The standard InChI is InChI=1S/C10H16N2O2/c1-7(11)10-12-6-9(14-10)5-8-3-2-4-13-8/h6-8H,2-5,11H2,1H3. The molecule has 2 heterocycles. The maximum atomic E-state index is 5.65. The molecule has 0 saturated carbocycles. The summed E-state index contributed by atoms with van der Waals surface area (Å²) in [5.74, 6) is 1.49. The van der Waals surface area contributed by atoms with Crippen LogP contribution in [0.25, 0.3) is 0 Å². The van der Waals surface area contributed by atoms with Crippen LogP contribution < -0.4 is 5.73 Å². The van der Waals surface area contributed by atoms with Gasteiger partial charge in [-0.05, 0) is 19.8 Å². The monoisotopic (exact) mass is 196 g/mol. The van der Waals surface area contributed by atoms with E-state index in [1.54, 1.807) is 6.20 Å². The molecule has 2 unspecified atom stereocenters. The third kappa shape index (κ3) is 2.13. The van der Waals surface area contributed by atoms with Crippen molar-refractivity contribution in [2.75, 3.05) is 6.61 Å². The van der Waals surface area contributed by atoms with Crippen LogP contribution in [-0.4, -0.2) is 17.7 Å². The van der Waals surface area contributed by atoms with Crippen LogP contribution in [0.2, 0.25) is 0 Å². The summed E-state index contributed by atoms with van der Waals surface area (Å²) in [5, 5.41) is 0. The highest BCUT2D eigenvalue weighted by Crippen LogP contribution is 2.18. The number of oxazole rings is 1. The summed E-state index contributed by atoms with van der Waals surface area (Å²) in [6, 6.07) is -0.131. The van der Waals surface area contributed by atoms with Crippen LogP contribution >= 0.6 is 0 Å². The molecule has 2 rings (SSSR count). The van der Waals surface area contributed by atoms with Gasteiger partial charge in [0.25, 0.3) is 0 Å². The number of nitrogens with zero attached hydrogens (tertiary/aromatic N) is 1. The van der Waals surface area contributed by atoms with Crippen molar-refractivity contribution in [2.24, 2.45) is 5.73 Å². The second kappa shape index (κ2) is 4.11. The van der Waals surface area contributed by atoms with Crippen molar-refractivity contribution in [2.45, 2.75) is 38.3 Å². The Morgan fingerprint density at radius 1 is 1.71 bits per heavy atom. The van der Waals surface area contributed by atoms with Crippen LogP contribution in [0.1, 0.15) is 37.5 Å². The molecule has 0 radical (unpaired) electrons. The zero-order valence-corrected chi connectivity index (χ0v) is 8.40. The Labute approximate surface area is 83.4 Å². The van der Waals surface area contributed by atoms with E-state index in [0.29, 0.717) is 12.0 Å². The predicted molar refractivity (Wildman–Crippen MR) is 51.8 cm³/mol. The lowest BCUT2D eigenvalue weighted by Crippen LogP contribution is -2.08. The molecule has 1 aliphatic rings. The largest absolute Gasteiger partial charge is 0.444 e. The van der Waals surface area contributed by atoms with Gasteiger partial charge in [0.2, 0.25) is 5.89 Å². The Kier molecular flexibility index (Phi) is 2.84. The molecule has 4 nitrogen and oxygen atoms in total. The number of ether oxygens (including phenoxy) is 1. The van der Waals surface area contributed by atoms with Gasteiger partial charge >= 0.3 is 0 Å². The van der Waals surface area contributed by atoms with Crippen molar-refractivity contribution < 1.29 is 9.15 Å². The van der Waals surface area contributed by atoms with Gasteiger partial charge in [-0.15, -0.1) is 0 Å². The summed E-state index contributed by atoms with van der Waals surface area (Å²) >= 11 is 0. The highest BCUT2D eigenvalue weighted by Gasteiger charge is 2.18. The first-order valence-electron chi connectivity index (χ1n) is 5.07. The molecule has 78 valence electrons. The molecule has 1 fully saturated rings. The molecule has 1 aromatic heterocycles. The summed E-state index contributed by atoms with van der Waals surface area (Å²) in [6.07, 6.45) is 5.15. The third-order valence-corrected chi connectivity index (χ3v) is 2.41. The Balaban J connectivity index is 1.95. The van der Waals surface area contributed by atoms with E-state index in [4.69, 9.17) is 14.9 Å². The molecule has 0 spiro atoms. The third-order valence-electron chi connectivity index (χ3n) is 2.41. The average Bonchev–Trinajstić information content (AvgIpc) is 2.75. The topological polar surface area (TPSA) is 61.3 Å². The van der Waals surface area contributed by atoms with Gasteiger partial charge in [0, 0.05) is 13.0 Å². The van der Waals surface area contributed by atoms with Gasteiger partial charge in [-0.3, -0.25) is 0 Å². The molecular formula is C10H16N2O2. The Hall–Kier alpha value is -0.870. The van der Waals surface area contributed by atoms with Crippen molar-refractivity contribution in [3.05, 3.63) is 17.8 Å². The quantitative estimate of drug-likeness (QED) is 0.794. The van der Waals surface area contributed by atoms with E-state index in [1.807, 2.05) is 6.92 Å². The van der Waals surface area contributed by atoms with Crippen molar-refractivity contribution in [3.63, 3.8) is 0 Å². The van der Waals surface area contributed by atoms with Crippen LogP contribution in [0.4, 0.5) is 0 Å². The number of hydrogen-bond acceptors (Lipinski definition) is 4. The molecule has 0 aliphatic carbocycles. The zero-order valence-electron chi connectivity index (χ0n) is 8.40. The molecular weight excluding hydrogens is 180 g/mol. The Bertz CT molecular complexity index is 290. The minimum Gasteiger partial charge on any atom is -0.444 e. The molecule has 0 amide bonds. The van der Waals surface area contributed by atoms with E-state index < -0.39 is 0 Å². The van der Waals surface area contributed by atoms with E-state index in [1.165, 1.54) is 0 Å². The van der Waals surface area contributed by atoms with Gasteiger partial charge in [0.1, 0.15) is 5.76 Å². The van der Waals surface area contributed by atoms with Crippen LogP contribution in [0.5, 0.6) is 0 Å². The van der Waals surface area contributed by atoms with Crippen LogP contribution in [-0.2, 0) is 11.2 Å². The van der Waals surface area contributed by atoms with Gasteiger partial charge in [-0.25, -0.2) is 4.98 Å². The summed E-state index contributed by atoms with van der Waals surface area (Å²) < 4.78 is 11.0. The van der Waals surface area contributed by atoms with E-state index in [9.17, 15) is 0 Å². The summed E-state index contributed by atoms with van der Waals surface area (Å²) in [6.45, 7) is 2.74. The first-order valence-corrected chi connectivity index (χ1v) is 5.07. The maximum Gasteiger partial charge on any atom is 0.210 e. The van der Waals surface area contributed by atoms with Crippen molar-refractivity contribution in [1.29, 1.82) is 0 Å². The molecule has 14 heavy (non-hydrogen) atoms. The average molecular weight is 196 g/mol. The molecule has 1 aliphatic heterocycles. The number of rotatable bonds is 3. The second-order valence-electron chi connectivity index (χ2n) is 3.79. The molecule has 0 aromatic carbocycles. The SMILES string of the molecule is CC(N)c1ncc(CC2CCCO2)o1.